The molecule has 1 aliphatic rings. The average molecular weight is 268 g/mol. The lowest BCUT2D eigenvalue weighted by molar-refractivity contribution is -0.160. The molecule has 0 radical (unpaired) electrons. The Balaban J connectivity index is 1.99. The predicted molar refractivity (Wildman–Crippen MR) is 72.8 cm³/mol. The van der Waals surface area contributed by atoms with E-state index in [9.17, 15) is 0 Å². The first-order valence-corrected chi connectivity index (χ1v) is 7.05. The van der Waals surface area contributed by atoms with Gasteiger partial charge in [0.1, 0.15) is 11.5 Å². The number of hydrogen-bond acceptors (Lipinski definition) is 4. The topological polar surface area (TPSA) is 27.7 Å². The minimum absolute atomic E-state index is 0.0163. The van der Waals surface area contributed by atoms with Crippen molar-refractivity contribution in [3.05, 3.63) is 30.3 Å². The van der Waals surface area contributed by atoms with E-state index in [1.807, 2.05) is 25.1 Å². The van der Waals surface area contributed by atoms with Crippen LogP contribution in [0, 0.1) is 0 Å². The predicted octanol–water partition coefficient (Wildman–Crippen LogP) is 2.94. The molecular weight excluding hydrogens is 248 g/mol. The van der Waals surface area contributed by atoms with Gasteiger partial charge < -0.3 is 14.2 Å². The van der Waals surface area contributed by atoms with Crippen LogP contribution in [0.3, 0.4) is 0 Å². The zero-order valence-electron chi connectivity index (χ0n) is 11.0. The highest BCUT2D eigenvalue weighted by Crippen LogP contribution is 2.34. The van der Waals surface area contributed by atoms with E-state index < -0.39 is 0 Å². The van der Waals surface area contributed by atoms with Gasteiger partial charge >= 0.3 is 0 Å². The van der Waals surface area contributed by atoms with Crippen molar-refractivity contribution < 1.29 is 14.2 Å². The third-order valence-electron chi connectivity index (χ3n) is 3.21. The van der Waals surface area contributed by atoms with E-state index in [2.05, 4.69) is 12.1 Å². The third kappa shape index (κ3) is 3.26. The lowest BCUT2D eigenvalue weighted by atomic mass is 10.0. The summed E-state index contributed by atoms with van der Waals surface area (Å²) in [5.74, 6) is 0. The summed E-state index contributed by atoms with van der Waals surface area (Å²) >= 11 is 1.74. The number of methoxy groups -OCH3 is 2. The van der Waals surface area contributed by atoms with E-state index >= 15 is 0 Å². The highest BCUT2D eigenvalue weighted by Gasteiger charge is 2.37. The largest absolute Gasteiger partial charge is 0.379 e. The Morgan fingerprint density at radius 1 is 1.17 bits per heavy atom. The standard InChI is InChI=1S/C14H20O3S/c1-10-14(16-3)12(15-2)9-13(17-10)18-11-7-5-4-6-8-11/h4-8,10,12-14H,9H2,1-3H3. The molecule has 0 aliphatic carbocycles. The third-order valence-corrected chi connectivity index (χ3v) is 4.32. The Morgan fingerprint density at radius 2 is 1.89 bits per heavy atom. The normalized spacial score (nSPS) is 32.4. The van der Waals surface area contributed by atoms with Gasteiger partial charge in [0.25, 0.3) is 0 Å². The van der Waals surface area contributed by atoms with Crippen molar-refractivity contribution >= 4 is 11.8 Å². The molecule has 0 spiro atoms. The summed E-state index contributed by atoms with van der Waals surface area (Å²) < 4.78 is 16.9. The van der Waals surface area contributed by atoms with E-state index in [1.54, 1.807) is 26.0 Å². The van der Waals surface area contributed by atoms with Crippen molar-refractivity contribution in [2.75, 3.05) is 14.2 Å². The Bertz CT molecular complexity index is 357. The minimum Gasteiger partial charge on any atom is -0.379 e. The van der Waals surface area contributed by atoms with E-state index in [0.29, 0.717) is 0 Å². The second-order valence-corrected chi connectivity index (χ2v) is 5.64. The van der Waals surface area contributed by atoms with Crippen molar-refractivity contribution in [3.8, 4) is 0 Å². The molecule has 1 heterocycles. The van der Waals surface area contributed by atoms with Gasteiger partial charge in [-0.3, -0.25) is 0 Å². The molecule has 4 atom stereocenters. The SMILES string of the molecule is COC1CC(Sc2ccccc2)OC(C)C1OC. The Hall–Kier alpha value is -0.550. The van der Waals surface area contributed by atoms with Crippen LogP contribution in [-0.2, 0) is 14.2 Å². The van der Waals surface area contributed by atoms with E-state index in [0.717, 1.165) is 6.42 Å². The summed E-state index contributed by atoms with van der Waals surface area (Å²) in [6.45, 7) is 2.04. The summed E-state index contributed by atoms with van der Waals surface area (Å²) in [4.78, 5) is 1.22. The molecule has 1 aromatic rings. The molecule has 3 nitrogen and oxygen atoms in total. The number of ether oxygens (including phenoxy) is 3. The van der Waals surface area contributed by atoms with Crippen LogP contribution in [0.25, 0.3) is 0 Å². The minimum atomic E-state index is 0.0163. The molecule has 1 fully saturated rings. The molecule has 100 valence electrons. The second-order valence-electron chi connectivity index (χ2n) is 4.41. The molecule has 0 bridgehead atoms. The lowest BCUT2D eigenvalue weighted by Crippen LogP contribution is -2.47. The fraction of sp³-hybridized carbons (Fsp3) is 0.571. The first kappa shape index (κ1) is 13.9. The average Bonchev–Trinajstić information content (AvgIpc) is 2.39. The molecular formula is C14H20O3S. The summed E-state index contributed by atoms with van der Waals surface area (Å²) in [5.41, 5.74) is 0.124. The quantitative estimate of drug-likeness (QED) is 0.839. The molecule has 4 unspecified atom stereocenters. The number of rotatable bonds is 4. The van der Waals surface area contributed by atoms with Gasteiger partial charge in [-0.2, -0.15) is 0 Å². The monoisotopic (exact) mass is 268 g/mol. The van der Waals surface area contributed by atoms with Gasteiger partial charge in [0.15, 0.2) is 0 Å². The van der Waals surface area contributed by atoms with Gasteiger partial charge in [-0.05, 0) is 19.1 Å². The zero-order valence-corrected chi connectivity index (χ0v) is 11.9. The molecule has 1 aromatic carbocycles. The van der Waals surface area contributed by atoms with Gasteiger partial charge in [-0.15, -0.1) is 0 Å². The first-order valence-electron chi connectivity index (χ1n) is 6.17. The maximum absolute atomic E-state index is 5.98. The Morgan fingerprint density at radius 3 is 2.50 bits per heavy atom. The van der Waals surface area contributed by atoms with E-state index in [4.69, 9.17) is 14.2 Å². The highest BCUT2D eigenvalue weighted by atomic mass is 32.2. The van der Waals surface area contributed by atoms with Crippen LogP contribution >= 0.6 is 11.8 Å². The van der Waals surface area contributed by atoms with Crippen molar-refractivity contribution in [1.82, 2.24) is 0 Å². The first-order chi connectivity index (χ1) is 8.74. The number of thioether (sulfide) groups is 1. The molecule has 1 aliphatic heterocycles. The molecule has 2 rings (SSSR count). The van der Waals surface area contributed by atoms with E-state index in [1.165, 1.54) is 4.90 Å². The van der Waals surface area contributed by atoms with Crippen molar-refractivity contribution in [3.63, 3.8) is 0 Å². The van der Waals surface area contributed by atoms with Crippen LogP contribution in [0.2, 0.25) is 0 Å². The molecule has 4 heteroatoms. The number of hydrogen-bond donors (Lipinski definition) is 0. The van der Waals surface area contributed by atoms with Crippen LogP contribution < -0.4 is 0 Å². The molecule has 0 aromatic heterocycles. The summed E-state index contributed by atoms with van der Waals surface area (Å²) in [7, 11) is 3.44. The smallest absolute Gasteiger partial charge is 0.110 e. The summed E-state index contributed by atoms with van der Waals surface area (Å²) in [6, 6.07) is 10.3. The van der Waals surface area contributed by atoms with Crippen LogP contribution in [-0.4, -0.2) is 38.0 Å². The maximum atomic E-state index is 5.98. The Labute approximate surface area is 113 Å². The maximum Gasteiger partial charge on any atom is 0.110 e. The molecule has 0 saturated carbocycles. The Kier molecular flexibility index (Phi) is 5.06. The number of benzene rings is 1. The van der Waals surface area contributed by atoms with Crippen molar-refractivity contribution in [2.24, 2.45) is 0 Å². The van der Waals surface area contributed by atoms with Crippen molar-refractivity contribution in [1.29, 1.82) is 0 Å². The molecule has 0 N–H and O–H groups in total. The fourth-order valence-corrected chi connectivity index (χ4v) is 3.43. The summed E-state index contributed by atoms with van der Waals surface area (Å²) in [6.07, 6.45) is 1.01. The van der Waals surface area contributed by atoms with E-state index in [-0.39, 0.29) is 23.7 Å². The fourth-order valence-electron chi connectivity index (χ4n) is 2.30. The second kappa shape index (κ2) is 6.57. The van der Waals surface area contributed by atoms with Crippen LogP contribution in [0.1, 0.15) is 13.3 Å². The molecule has 1 saturated heterocycles. The van der Waals surface area contributed by atoms with Crippen LogP contribution in [0.5, 0.6) is 0 Å². The molecule has 18 heavy (non-hydrogen) atoms. The zero-order chi connectivity index (χ0) is 13.0. The van der Waals surface area contributed by atoms with Crippen LogP contribution in [0.15, 0.2) is 35.2 Å². The van der Waals surface area contributed by atoms with Gasteiger partial charge in [-0.25, -0.2) is 0 Å². The van der Waals surface area contributed by atoms with Gasteiger partial charge in [0.2, 0.25) is 0 Å². The van der Waals surface area contributed by atoms with Crippen LogP contribution in [0.4, 0.5) is 0 Å². The summed E-state index contributed by atoms with van der Waals surface area (Å²) in [5, 5.41) is 0. The van der Waals surface area contributed by atoms with Gasteiger partial charge in [-0.1, -0.05) is 30.0 Å². The van der Waals surface area contributed by atoms with Gasteiger partial charge in [0.05, 0.1) is 12.2 Å². The van der Waals surface area contributed by atoms with Crippen molar-refractivity contribution in [2.45, 2.75) is 42.0 Å². The lowest BCUT2D eigenvalue weighted by Gasteiger charge is -2.38. The highest BCUT2D eigenvalue weighted by molar-refractivity contribution is 7.99. The molecule has 0 amide bonds. The van der Waals surface area contributed by atoms with Gasteiger partial charge in [0, 0.05) is 25.5 Å².